The summed E-state index contributed by atoms with van der Waals surface area (Å²) < 4.78 is 6.43. The maximum absolute atomic E-state index is 4.85. The molecule has 0 aliphatic carbocycles. The number of thiazole rings is 1. The molecule has 0 fully saturated rings. The Morgan fingerprint density at radius 3 is 1.68 bits per heavy atom. The Morgan fingerprint density at radius 2 is 1.36 bits per heavy atom. The number of unbranched alkanes of at least 4 members (excludes halogenated alkanes) is 3. The molecule has 128 valence electrons. The molecule has 0 spiro atoms. The van der Waals surface area contributed by atoms with Crippen LogP contribution >= 0.6 is 11.3 Å². The molecule has 0 aliphatic rings. The van der Waals surface area contributed by atoms with Gasteiger partial charge in [-0.05, 0) is 0 Å². The standard InChI is InChI=1S/C7H10NS.3C4H9.Sn/c1-7(2,3)6-8-4-5-9-6;3*1-3-4-2;/h4H,1-3H3;3*1,3-4H2,2H3;. The molecule has 1 nitrogen and oxygen atoms in total. The van der Waals surface area contributed by atoms with E-state index in [-0.39, 0.29) is 5.41 Å². The van der Waals surface area contributed by atoms with Crippen molar-refractivity contribution in [3.63, 3.8) is 0 Å². The average molecular weight is 430 g/mol. The van der Waals surface area contributed by atoms with Crippen molar-refractivity contribution in [1.82, 2.24) is 4.98 Å². The molecule has 0 atom stereocenters. The molecule has 0 N–H and O–H groups in total. The van der Waals surface area contributed by atoms with E-state index in [0.29, 0.717) is 0 Å². The van der Waals surface area contributed by atoms with Crippen molar-refractivity contribution < 1.29 is 0 Å². The van der Waals surface area contributed by atoms with Gasteiger partial charge in [-0.1, -0.05) is 0 Å². The maximum atomic E-state index is 4.85. The molecular weight excluding hydrogens is 393 g/mol. The summed E-state index contributed by atoms with van der Waals surface area (Å²) in [5.41, 5.74) is 0.209. The van der Waals surface area contributed by atoms with Gasteiger partial charge in [0.05, 0.1) is 0 Å². The molecule has 1 aromatic rings. The van der Waals surface area contributed by atoms with Gasteiger partial charge in [-0.3, -0.25) is 0 Å². The first kappa shape index (κ1) is 20.5. The molecule has 0 aromatic carbocycles. The van der Waals surface area contributed by atoms with Crippen LogP contribution in [0.4, 0.5) is 0 Å². The van der Waals surface area contributed by atoms with E-state index in [1.165, 1.54) is 43.5 Å². The van der Waals surface area contributed by atoms with E-state index < -0.39 is 18.4 Å². The Kier molecular flexibility index (Phi) is 8.99. The van der Waals surface area contributed by atoms with Crippen molar-refractivity contribution in [2.24, 2.45) is 0 Å². The summed E-state index contributed by atoms with van der Waals surface area (Å²) in [6, 6.07) is 0. The van der Waals surface area contributed by atoms with E-state index in [4.69, 9.17) is 4.98 Å². The Labute approximate surface area is 147 Å². The third-order valence-corrected chi connectivity index (χ3v) is 24.3. The van der Waals surface area contributed by atoms with Gasteiger partial charge in [0.2, 0.25) is 0 Å². The van der Waals surface area contributed by atoms with Gasteiger partial charge in [0.15, 0.2) is 0 Å². The molecule has 0 bridgehead atoms. The molecule has 0 saturated carbocycles. The Morgan fingerprint density at radius 1 is 0.909 bits per heavy atom. The van der Waals surface area contributed by atoms with Crippen LogP contribution in [0.1, 0.15) is 85.1 Å². The predicted octanol–water partition coefficient (Wildman–Crippen LogP) is 6.50. The molecule has 0 unspecified atom stereocenters. The molecule has 3 heteroatoms. The normalized spacial score (nSPS) is 12.8. The first-order valence-electron chi connectivity index (χ1n) is 9.36. The number of nitrogens with zero attached hydrogens (tertiary/aromatic N) is 1. The van der Waals surface area contributed by atoms with Gasteiger partial charge in [-0.25, -0.2) is 0 Å². The van der Waals surface area contributed by atoms with Gasteiger partial charge in [0, 0.05) is 0 Å². The third-order valence-electron chi connectivity index (χ3n) is 4.70. The first-order chi connectivity index (χ1) is 10.4. The van der Waals surface area contributed by atoms with Crippen LogP contribution < -0.4 is 2.89 Å². The fraction of sp³-hybridized carbons (Fsp3) is 0.842. The molecule has 0 saturated heterocycles. The summed E-state index contributed by atoms with van der Waals surface area (Å²) in [4.78, 5) is 4.85. The van der Waals surface area contributed by atoms with E-state index in [2.05, 4.69) is 59.1 Å². The zero-order valence-electron chi connectivity index (χ0n) is 15.8. The van der Waals surface area contributed by atoms with E-state index in [0.717, 1.165) is 0 Å². The molecule has 1 rings (SSSR count). The minimum atomic E-state index is -2.22. The van der Waals surface area contributed by atoms with Crippen molar-refractivity contribution in [3.05, 3.63) is 11.2 Å². The summed E-state index contributed by atoms with van der Waals surface area (Å²) in [7, 11) is 0. The van der Waals surface area contributed by atoms with Gasteiger partial charge in [0.1, 0.15) is 0 Å². The number of hydrogen-bond donors (Lipinski definition) is 0. The van der Waals surface area contributed by atoms with Crippen molar-refractivity contribution in [2.75, 3.05) is 0 Å². The van der Waals surface area contributed by atoms with Crippen LogP contribution in [0.5, 0.6) is 0 Å². The summed E-state index contributed by atoms with van der Waals surface area (Å²) in [5.74, 6) is 0. The molecule has 22 heavy (non-hydrogen) atoms. The second-order valence-electron chi connectivity index (χ2n) is 7.87. The SMILES string of the molecule is CCC[CH2][Sn]([CH2]CCC)([CH2]CCC)[c]1cnc(C(C)(C)C)s1. The van der Waals surface area contributed by atoms with Crippen LogP contribution in [0, 0.1) is 0 Å². The second kappa shape index (κ2) is 9.66. The quantitative estimate of drug-likeness (QED) is 0.387. The minimum absolute atomic E-state index is 0.209. The van der Waals surface area contributed by atoms with E-state index >= 15 is 0 Å². The van der Waals surface area contributed by atoms with Crippen LogP contribution in [0.3, 0.4) is 0 Å². The summed E-state index contributed by atoms with van der Waals surface area (Å²) in [6.07, 6.45) is 10.7. The molecule has 0 radical (unpaired) electrons. The molecule has 0 aliphatic heterocycles. The molecule has 1 heterocycles. The third kappa shape index (κ3) is 5.81. The van der Waals surface area contributed by atoms with Gasteiger partial charge < -0.3 is 0 Å². The van der Waals surface area contributed by atoms with Crippen molar-refractivity contribution >= 4 is 32.6 Å². The number of aromatic nitrogens is 1. The number of hydrogen-bond acceptors (Lipinski definition) is 2. The van der Waals surface area contributed by atoms with Gasteiger partial charge >= 0.3 is 148 Å². The monoisotopic (exact) mass is 431 g/mol. The van der Waals surface area contributed by atoms with E-state index in [9.17, 15) is 0 Å². The van der Waals surface area contributed by atoms with Crippen LogP contribution in [0.2, 0.25) is 13.3 Å². The van der Waals surface area contributed by atoms with Crippen molar-refractivity contribution in [1.29, 1.82) is 0 Å². The van der Waals surface area contributed by atoms with Crippen LogP contribution in [0.15, 0.2) is 6.20 Å². The number of rotatable bonds is 10. The van der Waals surface area contributed by atoms with Crippen molar-refractivity contribution in [3.8, 4) is 0 Å². The fourth-order valence-electron chi connectivity index (χ4n) is 3.16. The van der Waals surface area contributed by atoms with Crippen molar-refractivity contribution in [2.45, 2.75) is 98.8 Å². The zero-order chi connectivity index (χ0) is 16.6. The van der Waals surface area contributed by atoms with E-state index in [1.54, 1.807) is 16.2 Å². The molecule has 1 aromatic heterocycles. The topological polar surface area (TPSA) is 12.9 Å². The second-order valence-corrected chi connectivity index (χ2v) is 23.1. The fourth-order valence-corrected chi connectivity index (χ4v) is 22.9. The van der Waals surface area contributed by atoms with E-state index in [1.807, 2.05) is 0 Å². The van der Waals surface area contributed by atoms with Gasteiger partial charge in [-0.2, -0.15) is 0 Å². The predicted molar refractivity (Wildman–Crippen MR) is 105 cm³/mol. The molecular formula is C19H37NSSn. The van der Waals surface area contributed by atoms with Crippen LogP contribution in [-0.2, 0) is 5.41 Å². The Hall–Kier alpha value is 0.429. The van der Waals surface area contributed by atoms with Crippen LogP contribution in [-0.4, -0.2) is 23.4 Å². The zero-order valence-corrected chi connectivity index (χ0v) is 19.5. The Bertz CT molecular complexity index is 398. The summed E-state index contributed by atoms with van der Waals surface area (Å²) >= 11 is -0.141. The first-order valence-corrected chi connectivity index (χ1v) is 17.7. The summed E-state index contributed by atoms with van der Waals surface area (Å²) in [6.45, 7) is 14.0. The van der Waals surface area contributed by atoms with Gasteiger partial charge in [0.25, 0.3) is 0 Å². The van der Waals surface area contributed by atoms with Crippen LogP contribution in [0.25, 0.3) is 0 Å². The average Bonchev–Trinajstić information content (AvgIpc) is 2.97. The molecule has 0 amide bonds. The Balaban J connectivity index is 3.10. The van der Waals surface area contributed by atoms with Gasteiger partial charge in [-0.15, -0.1) is 0 Å². The summed E-state index contributed by atoms with van der Waals surface area (Å²) in [5, 5.41) is 1.35.